The topological polar surface area (TPSA) is 46.3 Å². The molecule has 1 aliphatic carbocycles. The molecule has 0 unspecified atom stereocenters. The molecule has 0 heterocycles. The molecule has 1 atom stereocenters. The highest BCUT2D eigenvalue weighted by atomic mass is 16.2. The summed E-state index contributed by atoms with van der Waals surface area (Å²) in [5, 5.41) is 0. The Morgan fingerprint density at radius 1 is 1.31 bits per heavy atom. The van der Waals surface area contributed by atoms with E-state index in [1.807, 2.05) is 0 Å². The Bertz CT molecular complexity index is 174. The van der Waals surface area contributed by atoms with E-state index in [0.29, 0.717) is 5.92 Å². The Morgan fingerprint density at radius 3 is 2.31 bits per heavy atom. The number of carbonyl (C=O) groups is 1. The highest BCUT2D eigenvalue weighted by Crippen LogP contribution is 2.26. The van der Waals surface area contributed by atoms with Gasteiger partial charge in [-0.15, -0.1) is 0 Å². The van der Waals surface area contributed by atoms with Gasteiger partial charge in [-0.25, -0.2) is 0 Å². The van der Waals surface area contributed by atoms with Crippen molar-refractivity contribution in [2.75, 3.05) is 14.1 Å². The average molecular weight is 184 g/mol. The summed E-state index contributed by atoms with van der Waals surface area (Å²) in [7, 11) is 3.54. The maximum absolute atomic E-state index is 11.5. The fraction of sp³-hybridized carbons (Fsp3) is 0.900. The zero-order chi connectivity index (χ0) is 9.84. The van der Waals surface area contributed by atoms with Gasteiger partial charge in [-0.2, -0.15) is 0 Å². The maximum Gasteiger partial charge on any atom is 0.239 e. The largest absolute Gasteiger partial charge is 0.347 e. The molecular formula is C10H20N2O. The van der Waals surface area contributed by atoms with Gasteiger partial charge >= 0.3 is 0 Å². The van der Waals surface area contributed by atoms with Crippen LogP contribution < -0.4 is 5.73 Å². The lowest BCUT2D eigenvalue weighted by Crippen LogP contribution is -2.45. The lowest BCUT2D eigenvalue weighted by atomic mass is 9.84. The van der Waals surface area contributed by atoms with Crippen LogP contribution in [0.15, 0.2) is 0 Å². The van der Waals surface area contributed by atoms with Crippen molar-refractivity contribution in [1.29, 1.82) is 0 Å². The lowest BCUT2D eigenvalue weighted by Gasteiger charge is -2.28. The number of amides is 1. The molecule has 1 rings (SSSR count). The first-order valence-corrected chi connectivity index (χ1v) is 5.09. The van der Waals surface area contributed by atoms with Crippen molar-refractivity contribution >= 4 is 5.91 Å². The highest BCUT2D eigenvalue weighted by Gasteiger charge is 2.26. The number of likely N-dealkylation sites (N-methyl/N-ethyl adjacent to an activating group) is 1. The third-order valence-corrected chi connectivity index (χ3v) is 2.88. The summed E-state index contributed by atoms with van der Waals surface area (Å²) in [6, 6.07) is -0.268. The zero-order valence-corrected chi connectivity index (χ0v) is 8.62. The molecule has 0 bridgehead atoms. The van der Waals surface area contributed by atoms with Crippen LogP contribution in [0.2, 0.25) is 0 Å². The van der Waals surface area contributed by atoms with Crippen LogP contribution in [-0.4, -0.2) is 30.9 Å². The minimum Gasteiger partial charge on any atom is -0.347 e. The van der Waals surface area contributed by atoms with E-state index in [1.54, 1.807) is 19.0 Å². The van der Waals surface area contributed by atoms with Crippen molar-refractivity contribution in [2.45, 2.75) is 38.1 Å². The third kappa shape index (κ3) is 2.69. The van der Waals surface area contributed by atoms with Gasteiger partial charge in [0.05, 0.1) is 6.04 Å². The SMILES string of the molecule is CN(C)C(=O)[C@@H](N)C1CCCCC1. The van der Waals surface area contributed by atoms with Crippen molar-refractivity contribution in [3.63, 3.8) is 0 Å². The molecule has 0 aromatic heterocycles. The Labute approximate surface area is 80.3 Å². The number of carbonyl (C=O) groups excluding carboxylic acids is 1. The second kappa shape index (κ2) is 4.61. The summed E-state index contributed by atoms with van der Waals surface area (Å²) in [5.41, 5.74) is 5.90. The van der Waals surface area contributed by atoms with E-state index < -0.39 is 0 Å². The number of hydrogen-bond acceptors (Lipinski definition) is 2. The molecule has 1 amide bonds. The van der Waals surface area contributed by atoms with Gasteiger partial charge < -0.3 is 10.6 Å². The van der Waals surface area contributed by atoms with E-state index in [1.165, 1.54) is 19.3 Å². The van der Waals surface area contributed by atoms with Crippen LogP contribution in [0.1, 0.15) is 32.1 Å². The highest BCUT2D eigenvalue weighted by molar-refractivity contribution is 5.81. The van der Waals surface area contributed by atoms with Gasteiger partial charge in [0.1, 0.15) is 0 Å². The van der Waals surface area contributed by atoms with Crippen LogP contribution in [0.3, 0.4) is 0 Å². The summed E-state index contributed by atoms with van der Waals surface area (Å²) in [6.07, 6.45) is 6.03. The quantitative estimate of drug-likeness (QED) is 0.695. The first-order chi connectivity index (χ1) is 6.13. The molecule has 0 radical (unpaired) electrons. The van der Waals surface area contributed by atoms with E-state index in [2.05, 4.69) is 0 Å². The van der Waals surface area contributed by atoms with Gasteiger partial charge in [0.2, 0.25) is 5.91 Å². The molecule has 0 spiro atoms. The van der Waals surface area contributed by atoms with E-state index in [-0.39, 0.29) is 11.9 Å². The van der Waals surface area contributed by atoms with Gasteiger partial charge in [-0.1, -0.05) is 19.3 Å². The maximum atomic E-state index is 11.5. The molecule has 1 aliphatic rings. The van der Waals surface area contributed by atoms with Gasteiger partial charge in [0.25, 0.3) is 0 Å². The zero-order valence-electron chi connectivity index (χ0n) is 8.62. The molecule has 3 heteroatoms. The fourth-order valence-corrected chi connectivity index (χ4v) is 1.99. The summed E-state index contributed by atoms with van der Waals surface area (Å²) < 4.78 is 0. The summed E-state index contributed by atoms with van der Waals surface area (Å²) in [6.45, 7) is 0. The molecule has 1 fully saturated rings. The fourth-order valence-electron chi connectivity index (χ4n) is 1.99. The van der Waals surface area contributed by atoms with Crippen LogP contribution in [-0.2, 0) is 4.79 Å². The minimum atomic E-state index is -0.268. The Hall–Kier alpha value is -0.570. The summed E-state index contributed by atoms with van der Waals surface area (Å²) in [5.74, 6) is 0.496. The van der Waals surface area contributed by atoms with E-state index in [9.17, 15) is 4.79 Å². The van der Waals surface area contributed by atoms with E-state index in [4.69, 9.17) is 5.73 Å². The van der Waals surface area contributed by atoms with E-state index >= 15 is 0 Å². The van der Waals surface area contributed by atoms with Crippen molar-refractivity contribution in [1.82, 2.24) is 4.90 Å². The molecule has 0 aliphatic heterocycles. The smallest absolute Gasteiger partial charge is 0.239 e. The van der Waals surface area contributed by atoms with Gasteiger partial charge in [-0.3, -0.25) is 4.79 Å². The Kier molecular flexibility index (Phi) is 3.72. The Balaban J connectivity index is 2.45. The van der Waals surface area contributed by atoms with Gasteiger partial charge in [0, 0.05) is 14.1 Å². The molecule has 0 aromatic rings. The standard InChI is InChI=1S/C10H20N2O/c1-12(2)10(13)9(11)8-6-4-3-5-7-8/h8-9H,3-7,11H2,1-2H3/t9-/m0/s1. The molecule has 76 valence electrons. The number of hydrogen-bond donors (Lipinski definition) is 1. The average Bonchev–Trinajstić information content (AvgIpc) is 2.17. The van der Waals surface area contributed by atoms with Gasteiger partial charge in [0.15, 0.2) is 0 Å². The van der Waals surface area contributed by atoms with Crippen LogP contribution >= 0.6 is 0 Å². The predicted molar refractivity (Wildman–Crippen MR) is 53.2 cm³/mol. The molecular weight excluding hydrogens is 164 g/mol. The first kappa shape index (κ1) is 10.5. The second-order valence-electron chi connectivity index (χ2n) is 4.16. The molecule has 0 aromatic carbocycles. The van der Waals surface area contributed by atoms with Crippen molar-refractivity contribution in [3.05, 3.63) is 0 Å². The van der Waals surface area contributed by atoms with Gasteiger partial charge in [-0.05, 0) is 18.8 Å². The molecule has 3 nitrogen and oxygen atoms in total. The van der Waals surface area contributed by atoms with Crippen LogP contribution in [0.4, 0.5) is 0 Å². The van der Waals surface area contributed by atoms with E-state index in [0.717, 1.165) is 12.8 Å². The van der Waals surface area contributed by atoms with Crippen LogP contribution in [0.25, 0.3) is 0 Å². The Morgan fingerprint density at radius 2 is 1.85 bits per heavy atom. The second-order valence-corrected chi connectivity index (χ2v) is 4.16. The monoisotopic (exact) mass is 184 g/mol. The molecule has 2 N–H and O–H groups in total. The molecule has 0 saturated heterocycles. The summed E-state index contributed by atoms with van der Waals surface area (Å²) in [4.78, 5) is 13.1. The molecule has 13 heavy (non-hydrogen) atoms. The first-order valence-electron chi connectivity index (χ1n) is 5.09. The van der Waals surface area contributed by atoms with Crippen molar-refractivity contribution in [3.8, 4) is 0 Å². The molecule has 1 saturated carbocycles. The van der Waals surface area contributed by atoms with Crippen molar-refractivity contribution in [2.24, 2.45) is 11.7 Å². The lowest BCUT2D eigenvalue weighted by molar-refractivity contribution is -0.131. The number of rotatable bonds is 2. The summed E-state index contributed by atoms with van der Waals surface area (Å²) >= 11 is 0. The third-order valence-electron chi connectivity index (χ3n) is 2.88. The minimum absolute atomic E-state index is 0.0758. The number of nitrogens with zero attached hydrogens (tertiary/aromatic N) is 1. The van der Waals surface area contributed by atoms with Crippen molar-refractivity contribution < 1.29 is 4.79 Å². The number of nitrogens with two attached hydrogens (primary N) is 1. The predicted octanol–water partition coefficient (Wildman–Crippen LogP) is 0.982. The van der Waals surface area contributed by atoms with Crippen LogP contribution in [0, 0.1) is 5.92 Å². The normalized spacial score (nSPS) is 21.2. The van der Waals surface area contributed by atoms with Crippen LogP contribution in [0.5, 0.6) is 0 Å².